The molecule has 0 amide bonds. The van der Waals surface area contributed by atoms with Crippen molar-refractivity contribution in [3.63, 3.8) is 0 Å². The zero-order chi connectivity index (χ0) is 5.54. The van der Waals surface area contributed by atoms with Gasteiger partial charge >= 0.3 is 1.43 Å². The molecule has 0 aromatic heterocycles. The molecule has 7 heavy (non-hydrogen) atoms. The summed E-state index contributed by atoms with van der Waals surface area (Å²) in [5.74, 6) is 0. The van der Waals surface area contributed by atoms with Gasteiger partial charge in [0, 0.05) is 0 Å². The van der Waals surface area contributed by atoms with E-state index >= 15 is 0 Å². The van der Waals surface area contributed by atoms with Gasteiger partial charge in [0.15, 0.2) is 9.03 Å². The molecular weight excluding hydrogens is 111 g/mol. The molecule has 0 radical (unpaired) electrons. The van der Waals surface area contributed by atoms with E-state index < -0.39 is 0 Å². The lowest BCUT2D eigenvalue weighted by Gasteiger charge is -1.96. The fourth-order valence-corrected chi connectivity index (χ4v) is 0.479. The quantitative estimate of drug-likeness (QED) is 0.418. The van der Waals surface area contributed by atoms with Gasteiger partial charge < -0.3 is 9.05 Å². The molecule has 0 spiro atoms. The van der Waals surface area contributed by atoms with Crippen LogP contribution in [0.4, 0.5) is 0 Å². The largest absolute Gasteiger partial charge is 1.00 e. The molecule has 0 aliphatic carbocycles. The molecule has 0 saturated carbocycles. The summed E-state index contributed by atoms with van der Waals surface area (Å²) >= 11 is 0. The summed E-state index contributed by atoms with van der Waals surface area (Å²) in [7, 11) is 0.232. The van der Waals surface area contributed by atoms with Crippen molar-refractivity contribution in [2.24, 2.45) is 0 Å². The topological polar surface area (TPSA) is 18.5 Å². The summed E-state index contributed by atoms with van der Waals surface area (Å²) in [6.45, 7) is 5.40. The molecule has 0 atom stereocenters. The Balaban J connectivity index is 0. The van der Waals surface area contributed by atoms with Crippen LogP contribution < -0.4 is 0 Å². The van der Waals surface area contributed by atoms with Crippen LogP contribution in [0.15, 0.2) is 0 Å². The highest BCUT2D eigenvalue weighted by molar-refractivity contribution is 7.26. The first-order valence-corrected chi connectivity index (χ1v) is 3.22. The molecule has 3 heteroatoms. The summed E-state index contributed by atoms with van der Waals surface area (Å²) in [5, 5.41) is 0. The smallest absolute Gasteiger partial charge is 0.337 e. The van der Waals surface area contributed by atoms with Gasteiger partial charge in [-0.05, 0) is 13.8 Å². The molecule has 0 saturated heterocycles. The van der Waals surface area contributed by atoms with Gasteiger partial charge in [-0.1, -0.05) is 0 Å². The van der Waals surface area contributed by atoms with Crippen LogP contribution in [0.2, 0.25) is 0 Å². The predicted octanol–water partition coefficient (Wildman–Crippen LogP) is 1.68. The van der Waals surface area contributed by atoms with Gasteiger partial charge in [0.05, 0.1) is 13.2 Å². The van der Waals surface area contributed by atoms with Crippen LogP contribution in [-0.4, -0.2) is 13.2 Å². The van der Waals surface area contributed by atoms with Gasteiger partial charge in [0.1, 0.15) is 0 Å². The Morgan fingerprint density at radius 2 is 1.71 bits per heavy atom. The molecular formula is C4H12O2P+. The van der Waals surface area contributed by atoms with Gasteiger partial charge in [-0.25, -0.2) is 0 Å². The summed E-state index contributed by atoms with van der Waals surface area (Å²) in [6, 6.07) is 0. The molecule has 0 rings (SSSR count). The van der Waals surface area contributed by atoms with E-state index in [4.69, 9.17) is 9.05 Å². The van der Waals surface area contributed by atoms with Crippen molar-refractivity contribution in [3.05, 3.63) is 0 Å². The van der Waals surface area contributed by atoms with Crippen molar-refractivity contribution in [1.82, 2.24) is 0 Å². The third-order valence-corrected chi connectivity index (χ3v) is 1.22. The van der Waals surface area contributed by atoms with E-state index in [0.29, 0.717) is 0 Å². The highest BCUT2D eigenvalue weighted by Crippen LogP contribution is 2.10. The lowest BCUT2D eigenvalue weighted by molar-refractivity contribution is 0.288. The third kappa shape index (κ3) is 6.35. The van der Waals surface area contributed by atoms with E-state index in [1.807, 2.05) is 13.8 Å². The Morgan fingerprint density at radius 1 is 1.29 bits per heavy atom. The fourth-order valence-electron chi connectivity index (χ4n) is 0.160. The van der Waals surface area contributed by atoms with E-state index in [1.54, 1.807) is 0 Å². The maximum atomic E-state index is 4.88. The number of hydrogen-bond donors (Lipinski definition) is 0. The molecule has 0 aliphatic rings. The molecule has 0 aromatic rings. The van der Waals surface area contributed by atoms with E-state index in [9.17, 15) is 0 Å². The lowest BCUT2D eigenvalue weighted by Crippen LogP contribution is -1.78. The van der Waals surface area contributed by atoms with Gasteiger partial charge in [-0.15, -0.1) is 0 Å². The summed E-state index contributed by atoms with van der Waals surface area (Å²) < 4.78 is 9.76. The molecule has 2 nitrogen and oxygen atoms in total. The lowest BCUT2D eigenvalue weighted by atomic mass is 10.9. The normalized spacial score (nSPS) is 9.43. The minimum Gasteiger partial charge on any atom is -0.337 e. The second-order valence-corrected chi connectivity index (χ2v) is 1.69. The maximum absolute atomic E-state index is 4.88. The Labute approximate surface area is 47.6 Å². The second kappa shape index (κ2) is 6.35. The van der Waals surface area contributed by atoms with Crippen molar-refractivity contribution >= 4 is 9.03 Å². The summed E-state index contributed by atoms with van der Waals surface area (Å²) in [5.41, 5.74) is 0. The third-order valence-electron chi connectivity index (χ3n) is 0.407. The van der Waals surface area contributed by atoms with E-state index in [1.165, 1.54) is 0 Å². The molecule has 0 bridgehead atoms. The monoisotopic (exact) mass is 123 g/mol. The second-order valence-electron chi connectivity index (χ2n) is 0.949. The fraction of sp³-hybridized carbons (Fsp3) is 1.00. The van der Waals surface area contributed by atoms with E-state index in [-0.39, 0.29) is 10.5 Å². The maximum Gasteiger partial charge on any atom is 1.00 e. The average Bonchev–Trinajstić information content (AvgIpc) is 1.69. The highest BCUT2D eigenvalue weighted by atomic mass is 31.1. The van der Waals surface area contributed by atoms with Gasteiger partial charge in [0.2, 0.25) is 0 Å². The van der Waals surface area contributed by atoms with Crippen LogP contribution in [0.1, 0.15) is 15.3 Å². The van der Waals surface area contributed by atoms with Crippen LogP contribution in [0.5, 0.6) is 0 Å². The zero-order valence-electron chi connectivity index (χ0n) is 5.73. The first kappa shape index (κ1) is 7.35. The summed E-state index contributed by atoms with van der Waals surface area (Å²) in [6.07, 6.45) is 0. The SMILES string of the molecule is CCOPOCC.[H+]. The zero-order valence-corrected chi connectivity index (χ0v) is 5.73. The van der Waals surface area contributed by atoms with Crippen LogP contribution in [0.3, 0.4) is 0 Å². The first-order chi connectivity index (χ1) is 3.41. The Bertz CT molecular complexity index is 33.2. The van der Waals surface area contributed by atoms with Crippen molar-refractivity contribution in [3.8, 4) is 0 Å². The van der Waals surface area contributed by atoms with Gasteiger partial charge in [-0.2, -0.15) is 0 Å². The van der Waals surface area contributed by atoms with Crippen LogP contribution in [0, 0.1) is 0 Å². The first-order valence-electron chi connectivity index (χ1n) is 2.40. The molecule has 0 unspecified atom stereocenters. The van der Waals surface area contributed by atoms with Crippen LogP contribution in [0.25, 0.3) is 0 Å². The van der Waals surface area contributed by atoms with Crippen molar-refractivity contribution in [2.75, 3.05) is 13.2 Å². The van der Waals surface area contributed by atoms with E-state index in [0.717, 1.165) is 13.2 Å². The minimum atomic E-state index is 0. The van der Waals surface area contributed by atoms with Crippen LogP contribution in [-0.2, 0) is 9.05 Å². The Morgan fingerprint density at radius 3 is 2.00 bits per heavy atom. The standard InChI is InChI=1S/C4H11O2P/c1-3-5-7-6-4-2/h7H,3-4H2,1-2H3/p+1. The van der Waals surface area contributed by atoms with Gasteiger partial charge in [-0.3, -0.25) is 0 Å². The Hall–Kier alpha value is 0.350. The molecule has 0 fully saturated rings. The molecule has 0 heterocycles. The molecule has 0 aromatic carbocycles. The summed E-state index contributed by atoms with van der Waals surface area (Å²) in [4.78, 5) is 0. The average molecular weight is 123 g/mol. The highest BCUT2D eigenvalue weighted by Gasteiger charge is 1.77. The van der Waals surface area contributed by atoms with Gasteiger partial charge in [0.25, 0.3) is 0 Å². The Kier molecular flexibility index (Phi) is 6.67. The molecule has 0 N–H and O–H groups in total. The number of hydrogen-bond acceptors (Lipinski definition) is 2. The van der Waals surface area contributed by atoms with Crippen molar-refractivity contribution in [2.45, 2.75) is 13.8 Å². The minimum absolute atomic E-state index is 0. The molecule has 0 aliphatic heterocycles. The van der Waals surface area contributed by atoms with Crippen molar-refractivity contribution < 1.29 is 10.5 Å². The number of rotatable bonds is 4. The van der Waals surface area contributed by atoms with Crippen molar-refractivity contribution in [1.29, 1.82) is 0 Å². The predicted molar refractivity (Wildman–Crippen MR) is 32.7 cm³/mol. The van der Waals surface area contributed by atoms with Crippen LogP contribution >= 0.6 is 9.03 Å². The molecule has 44 valence electrons. The van der Waals surface area contributed by atoms with E-state index in [2.05, 4.69) is 0 Å².